The smallest absolute Gasteiger partial charge is 0.306 e. The van der Waals surface area contributed by atoms with Gasteiger partial charge in [-0.25, -0.2) is 0 Å². The number of carbonyl (C=O) groups excluding carboxylic acids is 1. The lowest BCUT2D eigenvalue weighted by Gasteiger charge is -2.26. The van der Waals surface area contributed by atoms with E-state index in [1.54, 1.807) is 6.07 Å². The molecule has 1 aliphatic rings. The van der Waals surface area contributed by atoms with Crippen LogP contribution in [0.15, 0.2) is 18.2 Å². The number of anilines is 1. The predicted molar refractivity (Wildman–Crippen MR) is 81.0 cm³/mol. The molecule has 1 aromatic rings. The van der Waals surface area contributed by atoms with Crippen LogP contribution in [0, 0.1) is 18.8 Å². The van der Waals surface area contributed by atoms with E-state index in [0.29, 0.717) is 36.6 Å². The van der Waals surface area contributed by atoms with Crippen molar-refractivity contribution in [2.75, 3.05) is 12.3 Å². The highest BCUT2D eigenvalue weighted by Gasteiger charge is 2.26. The minimum absolute atomic E-state index is 0.147. The summed E-state index contributed by atoms with van der Waals surface area (Å²) < 4.78 is 0. The first-order valence-corrected chi connectivity index (χ1v) is 7.35. The summed E-state index contributed by atoms with van der Waals surface area (Å²) in [5.74, 6) is -0.713. The first-order valence-electron chi connectivity index (χ1n) is 7.35. The number of nitrogens with one attached hydrogen (secondary N) is 1. The van der Waals surface area contributed by atoms with Gasteiger partial charge in [0.15, 0.2) is 0 Å². The van der Waals surface area contributed by atoms with Gasteiger partial charge in [-0.3, -0.25) is 9.59 Å². The first kappa shape index (κ1) is 15.4. The van der Waals surface area contributed by atoms with Gasteiger partial charge in [0.1, 0.15) is 0 Å². The second-order valence-electron chi connectivity index (χ2n) is 5.81. The number of carboxylic acids is 1. The Bertz CT molecular complexity index is 514. The van der Waals surface area contributed by atoms with Crippen LogP contribution in [0.5, 0.6) is 0 Å². The van der Waals surface area contributed by atoms with Gasteiger partial charge in [-0.05, 0) is 50.2 Å². The van der Waals surface area contributed by atoms with Crippen LogP contribution >= 0.6 is 0 Å². The maximum atomic E-state index is 12.2. The van der Waals surface area contributed by atoms with E-state index in [-0.39, 0.29) is 11.8 Å². The summed E-state index contributed by atoms with van der Waals surface area (Å²) in [5, 5.41) is 11.9. The maximum Gasteiger partial charge on any atom is 0.306 e. The van der Waals surface area contributed by atoms with Crippen molar-refractivity contribution >= 4 is 17.6 Å². The molecule has 5 heteroatoms. The molecule has 1 fully saturated rings. The van der Waals surface area contributed by atoms with Crippen LogP contribution in [0.3, 0.4) is 0 Å². The SMILES string of the molecule is Cc1cccc(N)c1C(=O)NCC1CCC(C(=O)O)CC1. The van der Waals surface area contributed by atoms with Crippen LogP contribution in [0.25, 0.3) is 0 Å². The fourth-order valence-electron chi connectivity index (χ4n) is 2.94. The molecule has 0 aliphatic heterocycles. The zero-order chi connectivity index (χ0) is 15.4. The Hall–Kier alpha value is -2.04. The Morgan fingerprint density at radius 3 is 2.52 bits per heavy atom. The largest absolute Gasteiger partial charge is 0.481 e. The van der Waals surface area contributed by atoms with E-state index < -0.39 is 5.97 Å². The van der Waals surface area contributed by atoms with Crippen molar-refractivity contribution in [2.45, 2.75) is 32.6 Å². The van der Waals surface area contributed by atoms with Gasteiger partial charge in [-0.2, -0.15) is 0 Å². The number of hydrogen-bond acceptors (Lipinski definition) is 3. The van der Waals surface area contributed by atoms with Crippen molar-refractivity contribution in [1.29, 1.82) is 0 Å². The molecule has 4 N–H and O–H groups in total. The molecule has 0 bridgehead atoms. The fraction of sp³-hybridized carbons (Fsp3) is 0.500. The lowest BCUT2D eigenvalue weighted by molar-refractivity contribution is -0.143. The molecule has 21 heavy (non-hydrogen) atoms. The number of aryl methyl sites for hydroxylation is 1. The molecule has 0 radical (unpaired) electrons. The number of carbonyl (C=O) groups is 2. The zero-order valence-corrected chi connectivity index (χ0v) is 12.3. The van der Waals surface area contributed by atoms with E-state index in [0.717, 1.165) is 18.4 Å². The molecule has 114 valence electrons. The Balaban J connectivity index is 1.87. The van der Waals surface area contributed by atoms with Crippen LogP contribution < -0.4 is 11.1 Å². The Kier molecular flexibility index (Phi) is 4.83. The molecule has 0 saturated heterocycles. The van der Waals surface area contributed by atoms with Crippen molar-refractivity contribution in [2.24, 2.45) is 11.8 Å². The van der Waals surface area contributed by atoms with Crippen molar-refractivity contribution in [3.05, 3.63) is 29.3 Å². The zero-order valence-electron chi connectivity index (χ0n) is 12.3. The second-order valence-corrected chi connectivity index (χ2v) is 5.81. The summed E-state index contributed by atoms with van der Waals surface area (Å²) in [4.78, 5) is 23.1. The van der Waals surface area contributed by atoms with E-state index in [9.17, 15) is 9.59 Å². The molecule has 0 atom stereocenters. The van der Waals surface area contributed by atoms with Gasteiger partial charge in [0, 0.05) is 12.2 Å². The quantitative estimate of drug-likeness (QED) is 0.741. The normalized spacial score (nSPS) is 21.8. The summed E-state index contributed by atoms with van der Waals surface area (Å²) in [5.41, 5.74) is 7.75. The van der Waals surface area contributed by atoms with Gasteiger partial charge in [-0.15, -0.1) is 0 Å². The molecule has 0 unspecified atom stereocenters. The Morgan fingerprint density at radius 2 is 1.95 bits per heavy atom. The van der Waals surface area contributed by atoms with E-state index in [1.807, 2.05) is 19.1 Å². The number of nitrogen functional groups attached to an aromatic ring is 1. The van der Waals surface area contributed by atoms with E-state index in [1.165, 1.54) is 0 Å². The third kappa shape index (κ3) is 3.74. The fourth-order valence-corrected chi connectivity index (χ4v) is 2.94. The molecule has 2 rings (SSSR count). The monoisotopic (exact) mass is 290 g/mol. The van der Waals surface area contributed by atoms with E-state index >= 15 is 0 Å². The molecule has 1 aliphatic carbocycles. The topological polar surface area (TPSA) is 92.4 Å². The molecular formula is C16H22N2O3. The minimum atomic E-state index is -0.704. The van der Waals surface area contributed by atoms with Gasteiger partial charge in [0.05, 0.1) is 11.5 Å². The van der Waals surface area contributed by atoms with Crippen LogP contribution in [0.2, 0.25) is 0 Å². The average molecular weight is 290 g/mol. The third-order valence-electron chi connectivity index (χ3n) is 4.28. The molecule has 5 nitrogen and oxygen atoms in total. The average Bonchev–Trinajstić information content (AvgIpc) is 2.45. The summed E-state index contributed by atoms with van der Waals surface area (Å²) in [6.45, 7) is 2.45. The van der Waals surface area contributed by atoms with Crippen LogP contribution in [-0.2, 0) is 4.79 Å². The first-order chi connectivity index (χ1) is 9.99. The highest BCUT2D eigenvalue weighted by atomic mass is 16.4. The van der Waals surface area contributed by atoms with Crippen molar-refractivity contribution in [1.82, 2.24) is 5.32 Å². The standard InChI is InChI=1S/C16H22N2O3/c1-10-3-2-4-13(17)14(10)15(19)18-9-11-5-7-12(8-6-11)16(20)21/h2-4,11-12H,5-9,17H2,1H3,(H,18,19)(H,20,21). The molecular weight excluding hydrogens is 268 g/mol. The van der Waals surface area contributed by atoms with Crippen molar-refractivity contribution in [3.8, 4) is 0 Å². The van der Waals surface area contributed by atoms with Gasteiger partial charge >= 0.3 is 5.97 Å². The van der Waals surface area contributed by atoms with Crippen LogP contribution in [-0.4, -0.2) is 23.5 Å². The Morgan fingerprint density at radius 1 is 1.29 bits per heavy atom. The third-order valence-corrected chi connectivity index (χ3v) is 4.28. The molecule has 0 heterocycles. The van der Waals surface area contributed by atoms with Gasteiger partial charge in [0.2, 0.25) is 0 Å². The second kappa shape index (κ2) is 6.61. The minimum Gasteiger partial charge on any atom is -0.481 e. The lowest BCUT2D eigenvalue weighted by atomic mass is 9.82. The van der Waals surface area contributed by atoms with Crippen LogP contribution in [0.4, 0.5) is 5.69 Å². The van der Waals surface area contributed by atoms with E-state index in [4.69, 9.17) is 10.8 Å². The van der Waals surface area contributed by atoms with Crippen molar-refractivity contribution in [3.63, 3.8) is 0 Å². The number of benzene rings is 1. The molecule has 1 aromatic carbocycles. The molecule has 1 amide bonds. The predicted octanol–water partition coefficient (Wildman–Crippen LogP) is 2.20. The number of nitrogens with two attached hydrogens (primary N) is 1. The number of rotatable bonds is 4. The number of hydrogen-bond donors (Lipinski definition) is 3. The number of carboxylic acid groups (broad SMARTS) is 1. The number of amides is 1. The highest BCUT2D eigenvalue weighted by Crippen LogP contribution is 2.28. The van der Waals surface area contributed by atoms with Crippen molar-refractivity contribution < 1.29 is 14.7 Å². The molecule has 1 saturated carbocycles. The molecule has 0 spiro atoms. The number of aliphatic carboxylic acids is 1. The van der Waals surface area contributed by atoms with E-state index in [2.05, 4.69) is 5.32 Å². The highest BCUT2D eigenvalue weighted by molar-refractivity contribution is 6.00. The summed E-state index contributed by atoms with van der Waals surface area (Å²) in [6.07, 6.45) is 3.09. The summed E-state index contributed by atoms with van der Waals surface area (Å²) >= 11 is 0. The summed E-state index contributed by atoms with van der Waals surface area (Å²) in [6, 6.07) is 5.41. The Labute approximate surface area is 124 Å². The summed E-state index contributed by atoms with van der Waals surface area (Å²) in [7, 11) is 0. The maximum absolute atomic E-state index is 12.2. The van der Waals surface area contributed by atoms with Crippen LogP contribution in [0.1, 0.15) is 41.6 Å². The lowest BCUT2D eigenvalue weighted by Crippen LogP contribution is -2.33. The van der Waals surface area contributed by atoms with Gasteiger partial charge in [-0.1, -0.05) is 12.1 Å². The van der Waals surface area contributed by atoms with Gasteiger partial charge < -0.3 is 16.2 Å². The molecule has 0 aromatic heterocycles. The van der Waals surface area contributed by atoms with Gasteiger partial charge in [0.25, 0.3) is 5.91 Å².